The van der Waals surface area contributed by atoms with Gasteiger partial charge in [0.1, 0.15) is 18.2 Å². The van der Waals surface area contributed by atoms with Gasteiger partial charge in [0.2, 0.25) is 11.9 Å². The molecule has 6 aromatic carbocycles. The van der Waals surface area contributed by atoms with Gasteiger partial charge in [-0.3, -0.25) is 0 Å². The normalized spacial score (nSPS) is 12.7. The Labute approximate surface area is 375 Å². The Morgan fingerprint density at radius 1 is 0.635 bits per heavy atom. The van der Waals surface area contributed by atoms with Crippen LogP contribution in [0.3, 0.4) is 0 Å². The average molecular weight is 873 g/mol. The first-order valence-corrected chi connectivity index (χ1v) is 22.7. The maximum atomic E-state index is 9.84. The van der Waals surface area contributed by atoms with Crippen LogP contribution in [0.5, 0.6) is 11.5 Å². The molecule has 8 aromatic rings. The topological polar surface area (TPSA) is 152 Å². The number of nitrogen functional groups attached to an aromatic ring is 1. The number of aliphatic hydroxyl groups is 1. The van der Waals surface area contributed by atoms with Gasteiger partial charge in [0.05, 0.1) is 24.8 Å². The van der Waals surface area contributed by atoms with Crippen LogP contribution in [-0.2, 0) is 26.3 Å². The summed E-state index contributed by atoms with van der Waals surface area (Å²) < 4.78 is 12.2. The largest absolute Gasteiger partial charge is 0.493 e. The molecule has 1 saturated carbocycles. The Morgan fingerprint density at radius 3 is 2.00 bits per heavy atom. The lowest BCUT2D eigenvalue weighted by Gasteiger charge is -2.16. The van der Waals surface area contributed by atoms with E-state index >= 15 is 0 Å². The fourth-order valence-corrected chi connectivity index (χ4v) is 9.82. The van der Waals surface area contributed by atoms with Gasteiger partial charge in [-0.1, -0.05) is 115 Å². The molecule has 1 fully saturated rings. The molecule has 2 heterocycles. The zero-order valence-electron chi connectivity index (χ0n) is 34.9. The summed E-state index contributed by atoms with van der Waals surface area (Å²) in [5.41, 5.74) is 12.2. The van der Waals surface area contributed by atoms with Crippen LogP contribution < -0.4 is 31.2 Å². The molecular weight excluding hydrogens is 825 g/mol. The van der Waals surface area contributed by atoms with Crippen LogP contribution in [-0.4, -0.2) is 38.2 Å². The predicted molar refractivity (Wildman–Crippen MR) is 255 cm³/mol. The molecule has 0 radical (unpaired) electrons. The number of hydrogen-bond donors (Lipinski definition) is 5. The van der Waals surface area contributed by atoms with Crippen LogP contribution >= 0.6 is 23.5 Å². The van der Waals surface area contributed by atoms with E-state index in [2.05, 4.69) is 81.6 Å². The lowest BCUT2D eigenvalue weighted by atomic mass is 10.2. The van der Waals surface area contributed by atoms with E-state index in [4.69, 9.17) is 30.2 Å². The maximum absolute atomic E-state index is 9.84. The number of benzene rings is 6. The molecule has 11 nitrogen and oxygen atoms in total. The van der Waals surface area contributed by atoms with E-state index in [0.717, 1.165) is 58.6 Å². The molecule has 6 N–H and O–H groups in total. The molecule has 0 atom stereocenters. The molecule has 0 aliphatic heterocycles. The summed E-state index contributed by atoms with van der Waals surface area (Å²) in [6.45, 7) is 1.35. The van der Waals surface area contributed by atoms with Crippen molar-refractivity contribution < 1.29 is 14.6 Å². The third kappa shape index (κ3) is 10.1. The summed E-state index contributed by atoms with van der Waals surface area (Å²) in [6.07, 6.45) is 4.85. The molecule has 13 heteroatoms. The summed E-state index contributed by atoms with van der Waals surface area (Å²) in [5, 5.41) is 22.1. The minimum absolute atomic E-state index is 0.0187. The highest BCUT2D eigenvalue weighted by Crippen LogP contribution is 2.37. The van der Waals surface area contributed by atoms with Gasteiger partial charge in [-0.25, -0.2) is 9.97 Å². The summed E-state index contributed by atoms with van der Waals surface area (Å²) in [4.78, 5) is 23.5. The summed E-state index contributed by atoms with van der Waals surface area (Å²) >= 11 is 3.32. The first kappa shape index (κ1) is 41.8. The number of nitrogens with two attached hydrogens (primary N) is 1. The van der Waals surface area contributed by atoms with Crippen molar-refractivity contribution in [1.29, 1.82) is 0 Å². The highest BCUT2D eigenvalue weighted by atomic mass is 32.2. The minimum Gasteiger partial charge on any atom is -0.493 e. The Hall–Kier alpha value is -6.54. The van der Waals surface area contributed by atoms with E-state index in [1.165, 1.54) is 25.7 Å². The van der Waals surface area contributed by atoms with Crippen molar-refractivity contribution in [1.82, 2.24) is 19.9 Å². The van der Waals surface area contributed by atoms with Crippen LogP contribution in [0.25, 0.3) is 21.8 Å². The third-order valence-corrected chi connectivity index (χ3v) is 13.4. The fraction of sp³-hybridized carbons (Fsp3) is 0.200. The Bertz CT molecular complexity index is 2870. The number of rotatable bonds is 17. The van der Waals surface area contributed by atoms with Crippen molar-refractivity contribution in [3.8, 4) is 11.5 Å². The number of nitrogens with one attached hydrogen (secondary N) is 3. The monoisotopic (exact) mass is 872 g/mol. The number of fused-ring (bicyclic) bond motifs is 2. The summed E-state index contributed by atoms with van der Waals surface area (Å²) in [5.74, 6) is 3.32. The molecule has 2 aromatic heterocycles. The highest BCUT2D eigenvalue weighted by Gasteiger charge is 2.18. The maximum Gasteiger partial charge on any atom is 0.225 e. The summed E-state index contributed by atoms with van der Waals surface area (Å²) in [7, 11) is 1.61. The van der Waals surface area contributed by atoms with Crippen molar-refractivity contribution in [3.05, 3.63) is 156 Å². The lowest BCUT2D eigenvalue weighted by molar-refractivity contribution is 0.279. The van der Waals surface area contributed by atoms with Crippen molar-refractivity contribution in [2.75, 3.05) is 28.8 Å². The highest BCUT2D eigenvalue weighted by molar-refractivity contribution is 7.99. The Kier molecular flexibility index (Phi) is 13.0. The van der Waals surface area contributed by atoms with Gasteiger partial charge in [0, 0.05) is 55.6 Å². The second kappa shape index (κ2) is 19.7. The van der Waals surface area contributed by atoms with Gasteiger partial charge < -0.3 is 36.3 Å². The Morgan fingerprint density at radius 2 is 1.27 bits per heavy atom. The van der Waals surface area contributed by atoms with E-state index in [-0.39, 0.29) is 6.61 Å². The van der Waals surface area contributed by atoms with Gasteiger partial charge in [-0.2, -0.15) is 9.97 Å². The zero-order chi connectivity index (χ0) is 43.0. The molecule has 9 rings (SSSR count). The molecular formula is C50H48N8O3S2. The molecule has 318 valence electrons. The number of ether oxygens (including phenoxy) is 2. The number of para-hydroxylation sites is 1. The Balaban J connectivity index is 0.856. The van der Waals surface area contributed by atoms with Crippen molar-refractivity contribution in [2.24, 2.45) is 0 Å². The van der Waals surface area contributed by atoms with E-state index in [1.54, 1.807) is 30.6 Å². The molecule has 1 aliphatic carbocycles. The average Bonchev–Trinajstić information content (AvgIpc) is 3.83. The molecule has 0 spiro atoms. The van der Waals surface area contributed by atoms with E-state index in [1.807, 2.05) is 72.8 Å². The first-order chi connectivity index (χ1) is 31.0. The number of anilines is 4. The third-order valence-electron chi connectivity index (χ3n) is 11.0. The van der Waals surface area contributed by atoms with Crippen molar-refractivity contribution in [2.45, 2.75) is 77.6 Å². The number of aromatic nitrogens is 4. The number of methoxy groups -OCH3 is 1. The standard InChI is InChI=1S/C50H48N8O3S2/c1-60-42-27-41-39(47(51)57-49(56-41)52-29-34-15-3-10-23-45(34)63-46-24-11-4-16-35(46)30-59)26-43(42)61-31-32-13-12-19-37(25-32)62-44-22-9-2-14-33(44)28-53-50-55-40-21-8-7-20-38(40)48(58-50)54-36-17-5-6-18-36/h2-4,7-16,19-27,36,59H,5-6,17-18,28-31H2,1H3,(H3,51,52,56,57)(H2,53,54,55,58). The second-order valence-electron chi connectivity index (χ2n) is 15.3. The molecule has 1 aliphatic rings. The number of hydrogen-bond acceptors (Lipinski definition) is 13. The van der Waals surface area contributed by atoms with Crippen LogP contribution in [0.15, 0.2) is 153 Å². The van der Waals surface area contributed by atoms with E-state index in [0.29, 0.717) is 65.9 Å². The van der Waals surface area contributed by atoms with Gasteiger partial charge in [-0.05, 0) is 83.6 Å². The fourth-order valence-electron chi connectivity index (χ4n) is 7.73. The van der Waals surface area contributed by atoms with E-state index < -0.39 is 0 Å². The zero-order valence-corrected chi connectivity index (χ0v) is 36.5. The smallest absolute Gasteiger partial charge is 0.225 e. The van der Waals surface area contributed by atoms with Crippen molar-refractivity contribution >= 4 is 68.9 Å². The van der Waals surface area contributed by atoms with Crippen LogP contribution in [0.4, 0.5) is 23.5 Å². The van der Waals surface area contributed by atoms with Crippen LogP contribution in [0.1, 0.15) is 47.9 Å². The second-order valence-corrected chi connectivity index (χ2v) is 17.5. The molecule has 0 unspecified atom stereocenters. The quantitative estimate of drug-likeness (QED) is 0.0591. The molecule has 63 heavy (non-hydrogen) atoms. The van der Waals surface area contributed by atoms with Gasteiger partial charge >= 0.3 is 0 Å². The van der Waals surface area contributed by atoms with Crippen molar-refractivity contribution in [3.63, 3.8) is 0 Å². The minimum atomic E-state index is -0.0187. The first-order valence-electron chi connectivity index (χ1n) is 21.1. The van der Waals surface area contributed by atoms with Crippen LogP contribution in [0.2, 0.25) is 0 Å². The molecule has 0 saturated heterocycles. The predicted octanol–water partition coefficient (Wildman–Crippen LogP) is 11.1. The van der Waals surface area contributed by atoms with Gasteiger partial charge in [0.25, 0.3) is 0 Å². The van der Waals surface area contributed by atoms with Crippen LogP contribution in [0, 0.1) is 0 Å². The number of aliphatic hydroxyl groups excluding tert-OH is 1. The SMILES string of the molecule is COc1cc2nc(NCc3ccccc3Sc3ccccc3CO)nc(N)c2cc1OCc1cccc(Sc2ccccc2CNc2nc(NC3CCCC3)c3ccccc3n2)c1. The lowest BCUT2D eigenvalue weighted by Crippen LogP contribution is -2.17. The van der Waals surface area contributed by atoms with E-state index in [9.17, 15) is 5.11 Å². The van der Waals surface area contributed by atoms with Gasteiger partial charge in [-0.15, -0.1) is 0 Å². The number of nitrogens with zero attached hydrogens (tertiary/aromatic N) is 4. The van der Waals surface area contributed by atoms with Gasteiger partial charge in [0.15, 0.2) is 11.5 Å². The summed E-state index contributed by atoms with van der Waals surface area (Å²) in [6, 6.07) is 45.1. The molecule has 0 bridgehead atoms. The molecule has 0 amide bonds.